The van der Waals surface area contributed by atoms with Crippen molar-refractivity contribution >= 4 is 38.4 Å². The van der Waals surface area contributed by atoms with Crippen molar-refractivity contribution in [3.8, 4) is 11.4 Å². The van der Waals surface area contributed by atoms with E-state index in [4.69, 9.17) is 9.26 Å². The number of aromatic nitrogens is 3. The molecule has 7 nitrogen and oxygen atoms in total. The first-order chi connectivity index (χ1) is 14.2. The van der Waals surface area contributed by atoms with Gasteiger partial charge in [0, 0.05) is 22.0 Å². The Kier molecular flexibility index (Phi) is 5.97. The number of nitrogens with zero attached hydrogens (tertiary/aromatic N) is 3. The molecule has 0 aliphatic carbocycles. The van der Waals surface area contributed by atoms with E-state index in [0.717, 1.165) is 15.6 Å². The van der Waals surface area contributed by atoms with Gasteiger partial charge < -0.3 is 14.6 Å². The van der Waals surface area contributed by atoms with Crippen molar-refractivity contribution < 1.29 is 14.1 Å². The minimum Gasteiger partial charge on any atom is -0.451 e. The SMILES string of the molecule is O=C(OCc1nc(-c2cccc(Br)c2)no1)c1csc(NCc2ccccc2)n1. The van der Waals surface area contributed by atoms with E-state index in [1.807, 2.05) is 54.6 Å². The summed E-state index contributed by atoms with van der Waals surface area (Å²) in [5.41, 5.74) is 2.16. The number of hydrogen-bond donors (Lipinski definition) is 1. The minimum atomic E-state index is -0.545. The van der Waals surface area contributed by atoms with E-state index < -0.39 is 5.97 Å². The van der Waals surface area contributed by atoms with Crippen LogP contribution in [0.2, 0.25) is 0 Å². The van der Waals surface area contributed by atoms with Gasteiger partial charge in [-0.1, -0.05) is 63.6 Å². The van der Waals surface area contributed by atoms with Crippen LogP contribution < -0.4 is 5.32 Å². The van der Waals surface area contributed by atoms with Gasteiger partial charge in [-0.3, -0.25) is 0 Å². The first-order valence-corrected chi connectivity index (χ1v) is 10.3. The van der Waals surface area contributed by atoms with Gasteiger partial charge in [-0.15, -0.1) is 11.3 Å². The number of esters is 1. The summed E-state index contributed by atoms with van der Waals surface area (Å²) in [4.78, 5) is 20.7. The van der Waals surface area contributed by atoms with Gasteiger partial charge >= 0.3 is 5.97 Å². The van der Waals surface area contributed by atoms with Crippen molar-refractivity contribution in [3.63, 3.8) is 0 Å². The molecule has 0 aliphatic rings. The van der Waals surface area contributed by atoms with Crippen LogP contribution in [-0.2, 0) is 17.9 Å². The van der Waals surface area contributed by atoms with Gasteiger partial charge in [0.15, 0.2) is 17.4 Å². The molecular weight excluding hydrogens is 456 g/mol. The average Bonchev–Trinajstić information content (AvgIpc) is 3.41. The zero-order valence-electron chi connectivity index (χ0n) is 15.0. The van der Waals surface area contributed by atoms with Crippen molar-refractivity contribution in [1.29, 1.82) is 0 Å². The molecule has 4 rings (SSSR count). The number of thiazole rings is 1. The third-order valence-electron chi connectivity index (χ3n) is 3.88. The van der Waals surface area contributed by atoms with E-state index in [0.29, 0.717) is 17.5 Å². The molecule has 0 atom stereocenters. The van der Waals surface area contributed by atoms with Crippen molar-refractivity contribution in [3.05, 3.63) is 81.6 Å². The fourth-order valence-corrected chi connectivity index (χ4v) is 3.56. The number of nitrogens with one attached hydrogen (secondary N) is 1. The summed E-state index contributed by atoms with van der Waals surface area (Å²) in [6, 6.07) is 17.5. The fraction of sp³-hybridized carbons (Fsp3) is 0.100. The van der Waals surface area contributed by atoms with E-state index in [9.17, 15) is 4.79 Å². The lowest BCUT2D eigenvalue weighted by molar-refractivity contribution is 0.0424. The zero-order chi connectivity index (χ0) is 20.1. The van der Waals surface area contributed by atoms with E-state index in [2.05, 4.69) is 36.4 Å². The summed E-state index contributed by atoms with van der Waals surface area (Å²) >= 11 is 4.74. The summed E-state index contributed by atoms with van der Waals surface area (Å²) < 4.78 is 11.3. The summed E-state index contributed by atoms with van der Waals surface area (Å²) in [7, 11) is 0. The van der Waals surface area contributed by atoms with E-state index in [-0.39, 0.29) is 18.2 Å². The molecule has 146 valence electrons. The van der Waals surface area contributed by atoms with Crippen molar-refractivity contribution in [2.45, 2.75) is 13.2 Å². The molecule has 2 aromatic carbocycles. The Labute approximate surface area is 178 Å². The molecule has 0 fully saturated rings. The molecule has 0 saturated heterocycles. The number of ether oxygens (including phenoxy) is 1. The number of rotatable bonds is 7. The van der Waals surface area contributed by atoms with Crippen LogP contribution in [0.4, 0.5) is 5.13 Å². The van der Waals surface area contributed by atoms with Crippen LogP contribution in [-0.4, -0.2) is 21.1 Å². The molecule has 1 N–H and O–H groups in total. The number of benzene rings is 2. The highest BCUT2D eigenvalue weighted by Gasteiger charge is 2.15. The number of carbonyl (C=O) groups excluding carboxylic acids is 1. The predicted octanol–water partition coefficient (Wildman–Crippen LogP) is 4.92. The molecule has 0 spiro atoms. The van der Waals surface area contributed by atoms with E-state index >= 15 is 0 Å². The molecule has 4 aromatic rings. The maximum atomic E-state index is 12.2. The Morgan fingerprint density at radius 2 is 2.00 bits per heavy atom. The third kappa shape index (κ3) is 5.07. The van der Waals surface area contributed by atoms with Gasteiger partial charge in [0.25, 0.3) is 5.89 Å². The molecule has 0 unspecified atom stereocenters. The lowest BCUT2D eigenvalue weighted by Gasteiger charge is -2.02. The van der Waals surface area contributed by atoms with Crippen molar-refractivity contribution in [1.82, 2.24) is 15.1 Å². The summed E-state index contributed by atoms with van der Waals surface area (Å²) in [6.45, 7) is 0.507. The second-order valence-electron chi connectivity index (χ2n) is 5.98. The minimum absolute atomic E-state index is 0.121. The summed E-state index contributed by atoms with van der Waals surface area (Å²) in [6.07, 6.45) is 0. The second kappa shape index (κ2) is 8.97. The van der Waals surface area contributed by atoms with Crippen LogP contribution in [0.1, 0.15) is 21.9 Å². The molecule has 2 aromatic heterocycles. The van der Waals surface area contributed by atoms with Crippen LogP contribution in [0.3, 0.4) is 0 Å². The van der Waals surface area contributed by atoms with Gasteiger partial charge in [0.05, 0.1) is 0 Å². The van der Waals surface area contributed by atoms with E-state index in [1.165, 1.54) is 11.3 Å². The highest BCUT2D eigenvalue weighted by molar-refractivity contribution is 9.10. The standard InChI is InChI=1S/C20H15BrN4O3S/c21-15-8-4-7-14(9-15)18-24-17(28-25-18)11-27-19(26)16-12-29-20(23-16)22-10-13-5-2-1-3-6-13/h1-9,12H,10-11H2,(H,22,23). The highest BCUT2D eigenvalue weighted by atomic mass is 79.9. The predicted molar refractivity (Wildman–Crippen MR) is 112 cm³/mol. The smallest absolute Gasteiger partial charge is 0.358 e. The van der Waals surface area contributed by atoms with Gasteiger partial charge in [0.1, 0.15) is 0 Å². The first kappa shape index (κ1) is 19.3. The Morgan fingerprint density at radius 3 is 2.83 bits per heavy atom. The second-order valence-corrected chi connectivity index (χ2v) is 7.75. The molecule has 0 radical (unpaired) electrons. The van der Waals surface area contributed by atoms with Crippen LogP contribution in [0.5, 0.6) is 0 Å². The summed E-state index contributed by atoms with van der Waals surface area (Å²) in [5, 5.41) is 9.40. The number of anilines is 1. The Hall–Kier alpha value is -3.04. The molecule has 0 bridgehead atoms. The number of hydrogen-bond acceptors (Lipinski definition) is 8. The van der Waals surface area contributed by atoms with Crippen molar-refractivity contribution in [2.24, 2.45) is 0 Å². The van der Waals surface area contributed by atoms with Crippen LogP contribution in [0.15, 0.2) is 69.0 Å². The van der Waals surface area contributed by atoms with Gasteiger partial charge in [-0.05, 0) is 17.7 Å². The molecular formula is C20H15BrN4O3S. The number of halogens is 1. The van der Waals surface area contributed by atoms with Crippen LogP contribution in [0, 0.1) is 0 Å². The lowest BCUT2D eigenvalue weighted by Crippen LogP contribution is -2.06. The van der Waals surface area contributed by atoms with Crippen LogP contribution in [0.25, 0.3) is 11.4 Å². The monoisotopic (exact) mass is 470 g/mol. The van der Waals surface area contributed by atoms with Crippen LogP contribution >= 0.6 is 27.3 Å². The summed E-state index contributed by atoms with van der Waals surface area (Å²) in [5.74, 6) is 0.0978. The molecule has 29 heavy (non-hydrogen) atoms. The maximum absolute atomic E-state index is 12.2. The Bertz CT molecular complexity index is 1110. The largest absolute Gasteiger partial charge is 0.451 e. The van der Waals surface area contributed by atoms with Gasteiger partial charge in [-0.2, -0.15) is 4.98 Å². The maximum Gasteiger partial charge on any atom is 0.358 e. The van der Waals surface area contributed by atoms with E-state index in [1.54, 1.807) is 5.38 Å². The molecule has 2 heterocycles. The number of carbonyl (C=O) groups is 1. The zero-order valence-corrected chi connectivity index (χ0v) is 17.4. The molecule has 0 aliphatic heterocycles. The fourth-order valence-electron chi connectivity index (χ4n) is 2.48. The quantitative estimate of drug-likeness (QED) is 0.383. The normalized spacial score (nSPS) is 10.7. The van der Waals surface area contributed by atoms with Crippen molar-refractivity contribution in [2.75, 3.05) is 5.32 Å². The highest BCUT2D eigenvalue weighted by Crippen LogP contribution is 2.21. The average molecular weight is 471 g/mol. The Balaban J connectivity index is 1.32. The third-order valence-corrected chi connectivity index (χ3v) is 5.17. The van der Waals surface area contributed by atoms with Gasteiger partial charge in [0.2, 0.25) is 5.82 Å². The lowest BCUT2D eigenvalue weighted by atomic mass is 10.2. The Morgan fingerprint density at radius 1 is 1.14 bits per heavy atom. The molecule has 0 amide bonds. The molecule has 0 saturated carbocycles. The topological polar surface area (TPSA) is 90.1 Å². The van der Waals surface area contributed by atoms with Gasteiger partial charge in [-0.25, -0.2) is 9.78 Å². The molecule has 9 heteroatoms. The first-order valence-electron chi connectivity index (χ1n) is 8.66.